The van der Waals surface area contributed by atoms with Gasteiger partial charge in [0.1, 0.15) is 0 Å². The minimum atomic E-state index is 0.573. The van der Waals surface area contributed by atoms with E-state index < -0.39 is 0 Å². The molecule has 15 heavy (non-hydrogen) atoms. The van der Waals surface area contributed by atoms with Gasteiger partial charge in [-0.1, -0.05) is 41.0 Å². The van der Waals surface area contributed by atoms with Gasteiger partial charge in [0.15, 0.2) is 0 Å². The predicted octanol–water partition coefficient (Wildman–Crippen LogP) is 3.84. The van der Waals surface area contributed by atoms with Crippen LogP contribution in [0.3, 0.4) is 0 Å². The van der Waals surface area contributed by atoms with Crippen LogP contribution in [0.4, 0.5) is 0 Å². The summed E-state index contributed by atoms with van der Waals surface area (Å²) in [7, 11) is 0. The highest BCUT2D eigenvalue weighted by Gasteiger charge is 2.43. The Hall–Kier alpha value is -0.0400. The van der Waals surface area contributed by atoms with Crippen LogP contribution in [0.15, 0.2) is 0 Å². The van der Waals surface area contributed by atoms with E-state index >= 15 is 0 Å². The lowest BCUT2D eigenvalue weighted by molar-refractivity contribution is 0.136. The van der Waals surface area contributed by atoms with E-state index in [0.717, 1.165) is 17.9 Å². The zero-order valence-electron chi connectivity index (χ0n) is 11.3. The molecule has 0 saturated carbocycles. The summed E-state index contributed by atoms with van der Waals surface area (Å²) in [5.74, 6) is 1.68. The van der Waals surface area contributed by atoms with Crippen molar-refractivity contribution in [1.82, 2.24) is 5.32 Å². The summed E-state index contributed by atoms with van der Waals surface area (Å²) < 4.78 is 0. The first-order chi connectivity index (χ1) is 7.06. The van der Waals surface area contributed by atoms with Crippen LogP contribution in [-0.4, -0.2) is 12.6 Å². The summed E-state index contributed by atoms with van der Waals surface area (Å²) >= 11 is 0. The predicted molar refractivity (Wildman–Crippen MR) is 68.0 cm³/mol. The van der Waals surface area contributed by atoms with Crippen molar-refractivity contribution in [2.45, 2.75) is 66.3 Å². The first kappa shape index (κ1) is 13.0. The summed E-state index contributed by atoms with van der Waals surface area (Å²) in [4.78, 5) is 0. The van der Waals surface area contributed by atoms with Crippen molar-refractivity contribution in [2.24, 2.45) is 17.3 Å². The van der Waals surface area contributed by atoms with E-state index in [1.807, 2.05) is 0 Å². The lowest BCUT2D eigenvalue weighted by Gasteiger charge is -2.39. The first-order valence-electron chi connectivity index (χ1n) is 6.80. The Balaban J connectivity index is 2.69. The van der Waals surface area contributed by atoms with Crippen molar-refractivity contribution in [3.63, 3.8) is 0 Å². The Morgan fingerprint density at radius 3 is 2.40 bits per heavy atom. The lowest BCUT2D eigenvalue weighted by Crippen LogP contribution is -2.41. The quantitative estimate of drug-likeness (QED) is 0.728. The van der Waals surface area contributed by atoms with Gasteiger partial charge in [0.05, 0.1) is 0 Å². The van der Waals surface area contributed by atoms with Gasteiger partial charge < -0.3 is 5.32 Å². The third kappa shape index (κ3) is 2.55. The molecule has 1 N–H and O–H groups in total. The van der Waals surface area contributed by atoms with Crippen LogP contribution in [0.2, 0.25) is 0 Å². The SMILES string of the molecule is CCC(C)CC1NCCC1(CC)C(C)C. The summed E-state index contributed by atoms with van der Waals surface area (Å²) in [6, 6.07) is 0.762. The Morgan fingerprint density at radius 1 is 1.27 bits per heavy atom. The van der Waals surface area contributed by atoms with Crippen molar-refractivity contribution in [3.8, 4) is 0 Å². The average Bonchev–Trinajstić information content (AvgIpc) is 2.61. The van der Waals surface area contributed by atoms with Crippen molar-refractivity contribution < 1.29 is 0 Å². The number of nitrogens with one attached hydrogen (secondary N) is 1. The molecule has 0 radical (unpaired) electrons. The van der Waals surface area contributed by atoms with Gasteiger partial charge in [-0.15, -0.1) is 0 Å². The highest BCUT2D eigenvalue weighted by Crippen LogP contribution is 2.44. The molecule has 3 unspecified atom stereocenters. The van der Waals surface area contributed by atoms with E-state index in [9.17, 15) is 0 Å². The molecule has 1 aliphatic rings. The molecule has 0 spiro atoms. The summed E-state index contributed by atoms with van der Waals surface area (Å²) in [6.45, 7) is 13.1. The maximum Gasteiger partial charge on any atom is 0.0129 e. The van der Waals surface area contributed by atoms with Crippen molar-refractivity contribution in [1.29, 1.82) is 0 Å². The maximum absolute atomic E-state index is 3.74. The monoisotopic (exact) mass is 211 g/mol. The van der Waals surface area contributed by atoms with Gasteiger partial charge in [0.25, 0.3) is 0 Å². The van der Waals surface area contributed by atoms with Gasteiger partial charge in [-0.3, -0.25) is 0 Å². The molecule has 1 heterocycles. The second-order valence-corrected chi connectivity index (χ2v) is 5.75. The zero-order valence-corrected chi connectivity index (χ0v) is 11.3. The molecule has 90 valence electrons. The fourth-order valence-corrected chi connectivity index (χ4v) is 3.27. The van der Waals surface area contributed by atoms with Gasteiger partial charge in [-0.2, -0.15) is 0 Å². The highest BCUT2D eigenvalue weighted by atomic mass is 15.0. The molecular formula is C14H29N. The van der Waals surface area contributed by atoms with Gasteiger partial charge in [-0.25, -0.2) is 0 Å². The smallest absolute Gasteiger partial charge is 0.0129 e. The Kier molecular flexibility index (Phi) is 4.64. The molecule has 0 aromatic heterocycles. The minimum absolute atomic E-state index is 0.573. The molecule has 1 aliphatic heterocycles. The second-order valence-electron chi connectivity index (χ2n) is 5.75. The number of hydrogen-bond acceptors (Lipinski definition) is 1. The Bertz CT molecular complexity index is 188. The normalized spacial score (nSPS) is 33.6. The van der Waals surface area contributed by atoms with Crippen molar-refractivity contribution in [2.75, 3.05) is 6.54 Å². The standard InChI is InChI=1S/C14H29N/c1-6-12(5)10-13-14(7-2,11(3)4)8-9-15-13/h11-13,15H,6-10H2,1-5H3. The second kappa shape index (κ2) is 5.34. The van der Waals surface area contributed by atoms with Crippen LogP contribution in [0.1, 0.15) is 60.3 Å². The zero-order chi connectivity index (χ0) is 11.5. The van der Waals surface area contributed by atoms with Crippen LogP contribution in [0.25, 0.3) is 0 Å². The topological polar surface area (TPSA) is 12.0 Å². The molecule has 1 nitrogen and oxygen atoms in total. The van der Waals surface area contributed by atoms with Crippen LogP contribution in [-0.2, 0) is 0 Å². The molecule has 1 saturated heterocycles. The fourth-order valence-electron chi connectivity index (χ4n) is 3.27. The average molecular weight is 211 g/mol. The molecule has 0 aliphatic carbocycles. The van der Waals surface area contributed by atoms with E-state index in [1.165, 1.54) is 32.2 Å². The summed E-state index contributed by atoms with van der Waals surface area (Å²) in [5.41, 5.74) is 0.573. The van der Waals surface area contributed by atoms with Crippen LogP contribution < -0.4 is 5.32 Å². The van der Waals surface area contributed by atoms with E-state index in [0.29, 0.717) is 5.41 Å². The largest absolute Gasteiger partial charge is 0.313 e. The molecular weight excluding hydrogens is 182 g/mol. The van der Waals surface area contributed by atoms with Gasteiger partial charge in [-0.05, 0) is 43.1 Å². The van der Waals surface area contributed by atoms with Gasteiger partial charge >= 0.3 is 0 Å². The lowest BCUT2D eigenvalue weighted by atomic mass is 9.67. The highest BCUT2D eigenvalue weighted by molar-refractivity contribution is 4.98. The fraction of sp³-hybridized carbons (Fsp3) is 1.00. The van der Waals surface area contributed by atoms with Crippen LogP contribution >= 0.6 is 0 Å². The third-order valence-electron chi connectivity index (χ3n) is 4.82. The minimum Gasteiger partial charge on any atom is -0.313 e. The number of hydrogen-bond donors (Lipinski definition) is 1. The molecule has 0 aromatic carbocycles. The third-order valence-corrected chi connectivity index (χ3v) is 4.82. The molecule has 1 fully saturated rings. The Morgan fingerprint density at radius 2 is 1.93 bits per heavy atom. The molecule has 1 rings (SSSR count). The molecule has 0 amide bonds. The van der Waals surface area contributed by atoms with E-state index in [-0.39, 0.29) is 0 Å². The molecule has 1 heteroatoms. The molecule has 0 bridgehead atoms. The molecule has 3 atom stereocenters. The Labute approximate surface area is 96.0 Å². The summed E-state index contributed by atoms with van der Waals surface area (Å²) in [6.07, 6.45) is 5.39. The van der Waals surface area contributed by atoms with Gasteiger partial charge in [0, 0.05) is 6.04 Å². The van der Waals surface area contributed by atoms with Crippen molar-refractivity contribution >= 4 is 0 Å². The number of rotatable bonds is 5. The van der Waals surface area contributed by atoms with Crippen LogP contribution in [0, 0.1) is 17.3 Å². The molecule has 0 aromatic rings. The van der Waals surface area contributed by atoms with E-state index in [1.54, 1.807) is 0 Å². The van der Waals surface area contributed by atoms with Crippen molar-refractivity contribution in [3.05, 3.63) is 0 Å². The summed E-state index contributed by atoms with van der Waals surface area (Å²) in [5, 5.41) is 3.74. The van der Waals surface area contributed by atoms with E-state index in [4.69, 9.17) is 0 Å². The first-order valence-corrected chi connectivity index (χ1v) is 6.80. The van der Waals surface area contributed by atoms with E-state index in [2.05, 4.69) is 39.9 Å². The maximum atomic E-state index is 3.74. The van der Waals surface area contributed by atoms with Crippen LogP contribution in [0.5, 0.6) is 0 Å². The van der Waals surface area contributed by atoms with Gasteiger partial charge in [0.2, 0.25) is 0 Å².